The third-order valence-corrected chi connectivity index (χ3v) is 3.39. The summed E-state index contributed by atoms with van der Waals surface area (Å²) >= 11 is 0. The highest BCUT2D eigenvalue weighted by Crippen LogP contribution is 2.16. The maximum atomic E-state index is 10.3. The molecule has 0 aliphatic carbocycles. The molecule has 2 N–H and O–H groups in total. The molecule has 0 fully saturated rings. The molecule has 0 aliphatic rings. The fraction of sp³-hybridized carbons (Fsp3) is 0.471. The standard InChI is InChI=1S/C17H24N2O/c1-13(2)9-17(3,20)12-19-10-14-4-5-16-11-18-7-6-15(16)8-14/h4-8,11,13,19-20H,9-10,12H2,1-3H3. The summed E-state index contributed by atoms with van der Waals surface area (Å²) < 4.78 is 0. The van der Waals surface area contributed by atoms with Gasteiger partial charge in [0.15, 0.2) is 0 Å². The lowest BCUT2D eigenvalue weighted by Gasteiger charge is -2.25. The Morgan fingerprint density at radius 1 is 1.25 bits per heavy atom. The molecule has 0 saturated carbocycles. The summed E-state index contributed by atoms with van der Waals surface area (Å²) in [5, 5.41) is 16.0. The first-order valence-electron chi connectivity index (χ1n) is 7.22. The van der Waals surface area contributed by atoms with Gasteiger partial charge in [0, 0.05) is 30.9 Å². The fourth-order valence-corrected chi connectivity index (χ4v) is 2.67. The molecule has 0 bridgehead atoms. The van der Waals surface area contributed by atoms with Gasteiger partial charge in [0.05, 0.1) is 5.60 Å². The van der Waals surface area contributed by atoms with Gasteiger partial charge in [-0.15, -0.1) is 0 Å². The predicted octanol–water partition coefficient (Wildman–Crippen LogP) is 3.12. The second-order valence-electron chi connectivity index (χ2n) is 6.26. The number of fused-ring (bicyclic) bond motifs is 1. The van der Waals surface area contributed by atoms with E-state index in [9.17, 15) is 5.11 Å². The highest BCUT2D eigenvalue weighted by Gasteiger charge is 2.20. The molecule has 2 aromatic rings. The quantitative estimate of drug-likeness (QED) is 0.849. The first-order valence-corrected chi connectivity index (χ1v) is 7.22. The summed E-state index contributed by atoms with van der Waals surface area (Å²) in [6.07, 6.45) is 4.50. The van der Waals surface area contributed by atoms with E-state index < -0.39 is 5.60 Å². The van der Waals surface area contributed by atoms with Gasteiger partial charge >= 0.3 is 0 Å². The van der Waals surface area contributed by atoms with Gasteiger partial charge in [-0.3, -0.25) is 4.98 Å². The minimum Gasteiger partial charge on any atom is -0.389 e. The van der Waals surface area contributed by atoms with Crippen LogP contribution in [0.1, 0.15) is 32.8 Å². The van der Waals surface area contributed by atoms with E-state index in [-0.39, 0.29) is 0 Å². The number of nitrogens with one attached hydrogen (secondary N) is 1. The minimum absolute atomic E-state index is 0.500. The van der Waals surface area contributed by atoms with Crippen LogP contribution in [0, 0.1) is 5.92 Å². The zero-order valence-corrected chi connectivity index (χ0v) is 12.6. The van der Waals surface area contributed by atoms with Crippen LogP contribution in [-0.4, -0.2) is 22.2 Å². The van der Waals surface area contributed by atoms with Crippen LogP contribution in [0.2, 0.25) is 0 Å². The SMILES string of the molecule is CC(C)CC(C)(O)CNCc1ccc2cnccc2c1. The monoisotopic (exact) mass is 272 g/mol. The van der Waals surface area contributed by atoms with Gasteiger partial charge in [0.1, 0.15) is 0 Å². The smallest absolute Gasteiger partial charge is 0.0746 e. The van der Waals surface area contributed by atoms with E-state index in [0.29, 0.717) is 12.5 Å². The fourth-order valence-electron chi connectivity index (χ4n) is 2.67. The van der Waals surface area contributed by atoms with Crippen molar-refractivity contribution >= 4 is 10.8 Å². The predicted molar refractivity (Wildman–Crippen MR) is 83.5 cm³/mol. The third-order valence-electron chi connectivity index (χ3n) is 3.39. The van der Waals surface area contributed by atoms with Crippen molar-refractivity contribution in [3.63, 3.8) is 0 Å². The Hall–Kier alpha value is -1.45. The molecule has 0 amide bonds. The van der Waals surface area contributed by atoms with Gasteiger partial charge < -0.3 is 10.4 Å². The third kappa shape index (κ3) is 4.29. The number of hydrogen-bond donors (Lipinski definition) is 2. The minimum atomic E-state index is -0.644. The van der Waals surface area contributed by atoms with E-state index in [1.807, 2.05) is 25.4 Å². The summed E-state index contributed by atoms with van der Waals surface area (Å²) in [6.45, 7) is 7.54. The van der Waals surface area contributed by atoms with Gasteiger partial charge in [0.25, 0.3) is 0 Å². The number of aromatic nitrogens is 1. The molecule has 108 valence electrons. The number of hydrogen-bond acceptors (Lipinski definition) is 3. The van der Waals surface area contributed by atoms with Crippen LogP contribution < -0.4 is 5.32 Å². The van der Waals surface area contributed by atoms with Gasteiger partial charge in [-0.2, -0.15) is 0 Å². The lowest BCUT2D eigenvalue weighted by Crippen LogP contribution is -2.38. The molecule has 1 aromatic carbocycles. The van der Waals surface area contributed by atoms with Gasteiger partial charge in [-0.25, -0.2) is 0 Å². The Balaban J connectivity index is 1.92. The highest BCUT2D eigenvalue weighted by molar-refractivity contribution is 5.81. The Bertz CT molecular complexity index is 564. The molecule has 0 aliphatic heterocycles. The topological polar surface area (TPSA) is 45.1 Å². The van der Waals surface area contributed by atoms with Crippen LogP contribution in [0.3, 0.4) is 0 Å². The normalized spacial score (nSPS) is 14.7. The van der Waals surface area contributed by atoms with Crippen molar-refractivity contribution in [2.45, 2.75) is 39.3 Å². The Kier molecular flexibility index (Phi) is 4.73. The van der Waals surface area contributed by atoms with Crippen molar-refractivity contribution in [3.8, 4) is 0 Å². The van der Waals surface area contributed by atoms with Crippen molar-refractivity contribution in [1.29, 1.82) is 0 Å². The van der Waals surface area contributed by atoms with Crippen molar-refractivity contribution in [2.75, 3.05) is 6.54 Å². The van der Waals surface area contributed by atoms with Crippen LogP contribution in [0.15, 0.2) is 36.7 Å². The molecule has 20 heavy (non-hydrogen) atoms. The molecule has 0 radical (unpaired) electrons. The van der Waals surface area contributed by atoms with E-state index in [1.54, 1.807) is 0 Å². The summed E-state index contributed by atoms with van der Waals surface area (Å²) in [5.41, 5.74) is 0.582. The summed E-state index contributed by atoms with van der Waals surface area (Å²) in [6, 6.07) is 8.38. The lowest BCUT2D eigenvalue weighted by atomic mass is 9.94. The first-order chi connectivity index (χ1) is 9.46. The molecule has 1 aromatic heterocycles. The number of benzene rings is 1. The van der Waals surface area contributed by atoms with Crippen molar-refractivity contribution in [1.82, 2.24) is 10.3 Å². The van der Waals surface area contributed by atoms with Crippen molar-refractivity contribution in [2.24, 2.45) is 5.92 Å². The lowest BCUT2D eigenvalue weighted by molar-refractivity contribution is 0.0383. The first kappa shape index (κ1) is 14.9. The van der Waals surface area contributed by atoms with Crippen molar-refractivity contribution < 1.29 is 5.11 Å². The zero-order chi connectivity index (χ0) is 14.6. The van der Waals surface area contributed by atoms with Gasteiger partial charge in [0.2, 0.25) is 0 Å². The molecule has 3 heteroatoms. The second-order valence-corrected chi connectivity index (χ2v) is 6.26. The van der Waals surface area contributed by atoms with Gasteiger partial charge in [-0.1, -0.05) is 26.0 Å². The maximum absolute atomic E-state index is 10.3. The molecule has 0 spiro atoms. The molecule has 1 unspecified atom stereocenters. The summed E-state index contributed by atoms with van der Waals surface area (Å²) in [4.78, 5) is 4.12. The van der Waals surface area contributed by atoms with E-state index in [4.69, 9.17) is 0 Å². The molecular weight excluding hydrogens is 248 g/mol. The molecular formula is C17H24N2O. The van der Waals surface area contributed by atoms with E-state index >= 15 is 0 Å². The summed E-state index contributed by atoms with van der Waals surface area (Å²) in [5.74, 6) is 0.500. The van der Waals surface area contributed by atoms with E-state index in [2.05, 4.69) is 42.3 Å². The van der Waals surface area contributed by atoms with Crippen LogP contribution in [0.25, 0.3) is 10.8 Å². The molecule has 0 saturated heterocycles. The van der Waals surface area contributed by atoms with Crippen LogP contribution in [0.5, 0.6) is 0 Å². The average molecular weight is 272 g/mol. The maximum Gasteiger partial charge on any atom is 0.0746 e. The number of nitrogens with zero attached hydrogens (tertiary/aromatic N) is 1. The number of aliphatic hydroxyl groups is 1. The largest absolute Gasteiger partial charge is 0.389 e. The Morgan fingerprint density at radius 2 is 2.05 bits per heavy atom. The molecule has 1 heterocycles. The van der Waals surface area contributed by atoms with E-state index in [0.717, 1.165) is 18.4 Å². The summed E-state index contributed by atoms with van der Waals surface area (Å²) in [7, 11) is 0. The molecule has 3 nitrogen and oxygen atoms in total. The Morgan fingerprint density at radius 3 is 2.80 bits per heavy atom. The molecule has 2 rings (SSSR count). The number of rotatable bonds is 6. The zero-order valence-electron chi connectivity index (χ0n) is 12.6. The van der Waals surface area contributed by atoms with Gasteiger partial charge in [-0.05, 0) is 42.3 Å². The highest BCUT2D eigenvalue weighted by atomic mass is 16.3. The van der Waals surface area contributed by atoms with Crippen LogP contribution in [0.4, 0.5) is 0 Å². The average Bonchev–Trinajstić information content (AvgIpc) is 2.37. The van der Waals surface area contributed by atoms with Crippen molar-refractivity contribution in [3.05, 3.63) is 42.2 Å². The van der Waals surface area contributed by atoms with E-state index in [1.165, 1.54) is 10.9 Å². The molecule has 1 atom stereocenters. The second kappa shape index (κ2) is 6.33. The van der Waals surface area contributed by atoms with Crippen LogP contribution >= 0.6 is 0 Å². The van der Waals surface area contributed by atoms with Crippen LogP contribution in [-0.2, 0) is 6.54 Å². The Labute approximate surface area is 121 Å². The number of pyridine rings is 1.